The lowest BCUT2D eigenvalue weighted by atomic mass is 9.97. The standard InChI is InChI=1S/C19H19NO5S.C12H10/c1-6-15-11(2)17(20)12(3)18(16(15)19(21)25-5)26(22,23)14-9-7-13(24-4)8-10-14;1-3-7-11(8-4-1)12-9-5-2-6-10-12/h1,7-10H,20H2,2-5H3;1-10H. The number of anilines is 1. The normalized spacial score (nSPS) is 10.5. The van der Waals surface area contributed by atoms with Crippen LogP contribution in [0.5, 0.6) is 5.75 Å². The van der Waals surface area contributed by atoms with E-state index < -0.39 is 15.8 Å². The number of hydrogen-bond acceptors (Lipinski definition) is 6. The fourth-order valence-corrected chi connectivity index (χ4v) is 5.67. The van der Waals surface area contributed by atoms with Crippen LogP contribution in [0.15, 0.2) is 94.7 Å². The number of methoxy groups -OCH3 is 2. The van der Waals surface area contributed by atoms with Gasteiger partial charge in [0.15, 0.2) is 0 Å². The first kappa shape index (κ1) is 28.0. The molecule has 0 bridgehead atoms. The van der Waals surface area contributed by atoms with Crippen LogP contribution >= 0.6 is 0 Å². The Hall–Kier alpha value is -4.54. The number of sulfone groups is 1. The average Bonchev–Trinajstić information content (AvgIpc) is 2.96. The summed E-state index contributed by atoms with van der Waals surface area (Å²) in [6.07, 6.45) is 5.53. The minimum Gasteiger partial charge on any atom is -0.497 e. The Labute approximate surface area is 224 Å². The molecule has 4 rings (SSSR count). The lowest BCUT2D eigenvalue weighted by Crippen LogP contribution is -2.18. The zero-order valence-corrected chi connectivity index (χ0v) is 22.5. The van der Waals surface area contributed by atoms with Gasteiger partial charge in [0.1, 0.15) is 5.75 Å². The number of nitrogen functional groups attached to an aromatic ring is 1. The monoisotopic (exact) mass is 527 g/mol. The molecule has 0 aliphatic heterocycles. The Kier molecular flexibility index (Phi) is 8.95. The highest BCUT2D eigenvalue weighted by atomic mass is 32.2. The molecule has 194 valence electrons. The number of ether oxygens (including phenoxy) is 2. The minimum absolute atomic E-state index is 0.0159. The molecule has 0 heterocycles. The van der Waals surface area contributed by atoms with Crippen molar-refractivity contribution in [2.45, 2.75) is 23.6 Å². The van der Waals surface area contributed by atoms with Gasteiger partial charge in [-0.15, -0.1) is 6.42 Å². The molecule has 0 saturated heterocycles. The summed E-state index contributed by atoms with van der Waals surface area (Å²) in [5.41, 5.74) is 9.45. The maximum atomic E-state index is 13.3. The fourth-order valence-electron chi connectivity index (χ4n) is 3.97. The van der Waals surface area contributed by atoms with Crippen LogP contribution in [0.25, 0.3) is 11.1 Å². The van der Waals surface area contributed by atoms with Gasteiger partial charge < -0.3 is 15.2 Å². The highest BCUT2D eigenvalue weighted by molar-refractivity contribution is 7.91. The molecule has 0 aliphatic rings. The quantitative estimate of drug-likeness (QED) is 0.199. The number of carbonyl (C=O) groups excluding carboxylic acids is 1. The predicted molar refractivity (Wildman–Crippen MR) is 150 cm³/mol. The van der Waals surface area contributed by atoms with E-state index in [-0.39, 0.29) is 32.2 Å². The molecule has 0 radical (unpaired) electrons. The number of benzene rings is 4. The van der Waals surface area contributed by atoms with Gasteiger partial charge in [-0.2, -0.15) is 0 Å². The highest BCUT2D eigenvalue weighted by Gasteiger charge is 2.32. The molecule has 7 heteroatoms. The molecule has 0 aromatic heterocycles. The number of terminal acetylenes is 1. The Morgan fingerprint density at radius 1 is 0.816 bits per heavy atom. The Morgan fingerprint density at radius 3 is 1.74 bits per heavy atom. The topological polar surface area (TPSA) is 95.7 Å². The van der Waals surface area contributed by atoms with E-state index in [9.17, 15) is 13.2 Å². The van der Waals surface area contributed by atoms with E-state index in [2.05, 4.69) is 54.5 Å². The van der Waals surface area contributed by atoms with Gasteiger partial charge in [0, 0.05) is 11.3 Å². The van der Waals surface area contributed by atoms with E-state index in [1.54, 1.807) is 6.92 Å². The van der Waals surface area contributed by atoms with Gasteiger partial charge >= 0.3 is 5.97 Å². The molecule has 0 saturated carbocycles. The Bertz CT molecular complexity index is 1530. The first-order chi connectivity index (χ1) is 18.2. The molecule has 0 amide bonds. The first-order valence-corrected chi connectivity index (χ1v) is 13.1. The summed E-state index contributed by atoms with van der Waals surface area (Å²) in [7, 11) is -1.45. The van der Waals surface area contributed by atoms with E-state index in [1.165, 1.54) is 49.4 Å². The fraction of sp³-hybridized carbons (Fsp3) is 0.129. The first-order valence-electron chi connectivity index (χ1n) is 11.6. The summed E-state index contributed by atoms with van der Waals surface area (Å²) in [6.45, 7) is 3.17. The molecule has 0 aliphatic carbocycles. The number of hydrogen-bond donors (Lipinski definition) is 1. The van der Waals surface area contributed by atoms with Crippen molar-refractivity contribution in [3.63, 3.8) is 0 Å². The molecule has 0 unspecified atom stereocenters. The molecule has 4 aromatic carbocycles. The second-order valence-electron chi connectivity index (χ2n) is 8.29. The molecular formula is C31H29NO5S. The summed E-state index contributed by atoms with van der Waals surface area (Å²) in [5.74, 6) is 2.03. The van der Waals surface area contributed by atoms with Crippen LogP contribution in [-0.2, 0) is 14.6 Å². The number of carbonyl (C=O) groups is 1. The molecule has 2 N–H and O–H groups in total. The van der Waals surface area contributed by atoms with E-state index >= 15 is 0 Å². The maximum absolute atomic E-state index is 13.3. The van der Waals surface area contributed by atoms with Gasteiger partial charge in [0.05, 0.1) is 29.6 Å². The van der Waals surface area contributed by atoms with Gasteiger partial charge in [-0.25, -0.2) is 13.2 Å². The van der Waals surface area contributed by atoms with E-state index in [1.807, 2.05) is 12.1 Å². The lowest BCUT2D eigenvalue weighted by molar-refractivity contribution is 0.0595. The van der Waals surface area contributed by atoms with Crippen LogP contribution in [0.1, 0.15) is 27.0 Å². The van der Waals surface area contributed by atoms with Gasteiger partial charge in [0.25, 0.3) is 0 Å². The summed E-state index contributed by atoms with van der Waals surface area (Å²) >= 11 is 0. The van der Waals surface area contributed by atoms with E-state index in [0.29, 0.717) is 11.3 Å². The zero-order valence-electron chi connectivity index (χ0n) is 21.7. The Balaban J connectivity index is 0.000000275. The molecule has 6 nitrogen and oxygen atoms in total. The largest absolute Gasteiger partial charge is 0.497 e. The summed E-state index contributed by atoms with van der Waals surface area (Å²) in [5, 5.41) is 0. The smallest absolute Gasteiger partial charge is 0.340 e. The molecule has 4 aromatic rings. The molecule has 0 fully saturated rings. The second kappa shape index (κ2) is 12.1. The SMILES string of the molecule is C#Cc1c(C)c(N)c(C)c(S(=O)(=O)c2ccc(OC)cc2)c1C(=O)OC.c1ccc(-c2ccccc2)cc1. The third kappa shape index (κ3) is 5.72. The molecular weight excluding hydrogens is 498 g/mol. The van der Waals surface area contributed by atoms with Crippen molar-refractivity contribution in [2.75, 3.05) is 20.0 Å². The Morgan fingerprint density at radius 2 is 1.32 bits per heavy atom. The van der Waals surface area contributed by atoms with Crippen molar-refractivity contribution in [1.82, 2.24) is 0 Å². The maximum Gasteiger partial charge on any atom is 0.340 e. The van der Waals surface area contributed by atoms with E-state index in [4.69, 9.17) is 21.6 Å². The summed E-state index contributed by atoms with van der Waals surface area (Å²) < 4.78 is 36.3. The average molecular weight is 528 g/mol. The number of nitrogens with two attached hydrogens (primary N) is 1. The zero-order chi connectivity index (χ0) is 27.9. The van der Waals surface area contributed by atoms with Crippen LogP contribution < -0.4 is 10.5 Å². The van der Waals surface area contributed by atoms with Crippen molar-refractivity contribution in [1.29, 1.82) is 0 Å². The van der Waals surface area contributed by atoms with Gasteiger partial charge in [-0.05, 0) is 60.4 Å². The van der Waals surface area contributed by atoms with Crippen molar-refractivity contribution in [3.05, 3.63) is 107 Å². The van der Waals surface area contributed by atoms with Crippen LogP contribution in [0.4, 0.5) is 5.69 Å². The molecule has 0 spiro atoms. The summed E-state index contributed by atoms with van der Waals surface area (Å²) in [4.78, 5) is 12.1. The predicted octanol–water partition coefficient (Wildman–Crippen LogP) is 5.85. The van der Waals surface area contributed by atoms with Crippen LogP contribution in [0.2, 0.25) is 0 Å². The second-order valence-corrected chi connectivity index (χ2v) is 10.2. The van der Waals surface area contributed by atoms with Crippen molar-refractivity contribution < 1.29 is 22.7 Å². The van der Waals surface area contributed by atoms with Gasteiger partial charge in [-0.1, -0.05) is 66.6 Å². The number of esters is 1. The minimum atomic E-state index is -4.08. The lowest BCUT2D eigenvalue weighted by Gasteiger charge is -2.18. The van der Waals surface area contributed by atoms with Crippen molar-refractivity contribution in [2.24, 2.45) is 0 Å². The van der Waals surface area contributed by atoms with Crippen molar-refractivity contribution >= 4 is 21.5 Å². The third-order valence-corrected chi connectivity index (χ3v) is 7.99. The highest BCUT2D eigenvalue weighted by Crippen LogP contribution is 2.36. The van der Waals surface area contributed by atoms with Gasteiger partial charge in [-0.3, -0.25) is 0 Å². The van der Waals surface area contributed by atoms with Crippen LogP contribution in [0, 0.1) is 26.2 Å². The molecule has 0 atom stereocenters. The van der Waals surface area contributed by atoms with Crippen LogP contribution in [-0.4, -0.2) is 28.6 Å². The van der Waals surface area contributed by atoms with E-state index in [0.717, 1.165) is 7.11 Å². The summed E-state index contributed by atoms with van der Waals surface area (Å²) in [6, 6.07) is 26.6. The van der Waals surface area contributed by atoms with Gasteiger partial charge in [0.2, 0.25) is 9.84 Å². The number of rotatable bonds is 5. The third-order valence-electron chi connectivity index (χ3n) is 6.05. The molecule has 38 heavy (non-hydrogen) atoms. The van der Waals surface area contributed by atoms with Crippen molar-refractivity contribution in [3.8, 4) is 29.2 Å². The van der Waals surface area contributed by atoms with Crippen LogP contribution in [0.3, 0.4) is 0 Å².